The number of hydrogen-bond donors (Lipinski definition) is 0. The fourth-order valence-corrected chi connectivity index (χ4v) is 8.11. The Morgan fingerprint density at radius 3 is 1.53 bits per heavy atom. The highest BCUT2D eigenvalue weighted by atomic mass is 16.3. The molecule has 0 aliphatic rings. The normalized spacial score (nSPS) is 12.9. The van der Waals surface area contributed by atoms with Gasteiger partial charge in [0.25, 0.3) is 0 Å². The maximum Gasteiger partial charge on any atom is 0.164 e. The van der Waals surface area contributed by atoms with Crippen molar-refractivity contribution in [2.45, 2.75) is 0 Å². The molecule has 3 heterocycles. The third-order valence-corrected chi connectivity index (χ3v) is 11.3. The van der Waals surface area contributed by atoms with Crippen molar-refractivity contribution in [1.29, 1.82) is 0 Å². The monoisotopic (exact) mass is 799 g/mol. The van der Waals surface area contributed by atoms with Crippen LogP contribution in [-0.2, 0) is 0 Å². The van der Waals surface area contributed by atoms with Gasteiger partial charge in [0.1, 0.15) is 22.3 Å². The first kappa shape index (κ1) is 29.7. The van der Waals surface area contributed by atoms with Crippen molar-refractivity contribution in [3.63, 3.8) is 0 Å². The lowest BCUT2D eigenvalue weighted by Crippen LogP contribution is -2.01. The zero-order valence-corrected chi connectivity index (χ0v) is 32.9. The van der Waals surface area contributed by atoms with Crippen LogP contribution in [0.25, 0.3) is 123 Å². The van der Waals surface area contributed by atoms with Gasteiger partial charge < -0.3 is 8.83 Å². The summed E-state index contributed by atoms with van der Waals surface area (Å²) in [6, 6.07) is 55.2. The van der Waals surface area contributed by atoms with Gasteiger partial charge in [-0.25, -0.2) is 15.0 Å². The molecule has 0 atom stereocenters. The number of rotatable bonds is 7. The Bertz CT molecular complexity index is 3970. The Hall–Kier alpha value is -8.41. The van der Waals surface area contributed by atoms with Crippen LogP contribution in [0.1, 0.15) is 8.22 Å². The molecular weight excluding hydrogens is 759 g/mol. The average Bonchev–Trinajstić information content (AvgIpc) is 3.98. The van der Waals surface area contributed by atoms with Crippen molar-refractivity contribution >= 4 is 43.9 Å². The van der Waals surface area contributed by atoms with Crippen LogP contribution in [0, 0.1) is 0 Å². The van der Waals surface area contributed by atoms with Gasteiger partial charge in [0, 0.05) is 38.2 Å². The van der Waals surface area contributed by atoms with Crippen molar-refractivity contribution in [2.24, 2.45) is 0 Å². The van der Waals surface area contributed by atoms with Crippen molar-refractivity contribution in [3.8, 4) is 78.7 Å². The van der Waals surface area contributed by atoms with Crippen LogP contribution in [-0.4, -0.2) is 15.0 Å². The van der Waals surface area contributed by atoms with E-state index in [1.165, 1.54) is 0 Å². The van der Waals surface area contributed by atoms with E-state index >= 15 is 0 Å². The molecule has 0 aliphatic heterocycles. The summed E-state index contributed by atoms with van der Waals surface area (Å²) in [5.74, 6) is 0.532. The fourth-order valence-electron chi connectivity index (χ4n) is 8.11. The molecule has 62 heavy (non-hydrogen) atoms. The minimum atomic E-state index is -0.356. The van der Waals surface area contributed by atoms with E-state index in [9.17, 15) is 5.48 Å². The maximum atomic E-state index is 9.66. The Kier molecular flexibility index (Phi) is 7.05. The van der Waals surface area contributed by atoms with E-state index in [0.717, 1.165) is 55.3 Å². The predicted octanol–water partition coefficient (Wildman–Crippen LogP) is 15.3. The van der Waals surface area contributed by atoms with Crippen LogP contribution in [0.3, 0.4) is 0 Å². The Morgan fingerprint density at radius 1 is 0.290 bits per heavy atom. The summed E-state index contributed by atoms with van der Waals surface area (Å²) in [5.41, 5.74) is 8.96. The number of hydrogen-bond acceptors (Lipinski definition) is 5. The highest BCUT2D eigenvalue weighted by Crippen LogP contribution is 2.39. The lowest BCUT2D eigenvalue weighted by atomic mass is 9.98. The molecule has 12 aromatic rings. The number of aromatic nitrogens is 3. The lowest BCUT2D eigenvalue weighted by molar-refractivity contribution is 0.668. The molecule has 0 N–H and O–H groups in total. The molecule has 0 saturated carbocycles. The number of para-hydroxylation sites is 1. The van der Waals surface area contributed by atoms with Crippen LogP contribution < -0.4 is 0 Å². The molecule has 5 nitrogen and oxygen atoms in total. The maximum absolute atomic E-state index is 9.66. The standard InChI is InChI=1S/C57H35N3O2/c1-3-11-36(12-4-1)38-19-21-40(22-20-38)42-29-32-52-50(33-42)48-31-28-44(35-54(48)62-52)56-58-55(41-25-23-39(24-26-41)37-13-5-2-6-14-37)59-57(60-56)49-17-8-7-15-45(49)43-27-30-47-46-16-9-10-18-51(46)61-53(47)34-43/h1-35H/i28D,29D,31D,32D,33D,35D. The summed E-state index contributed by atoms with van der Waals surface area (Å²) in [7, 11) is 0. The molecule has 5 heteroatoms. The van der Waals surface area contributed by atoms with Crippen LogP contribution in [0.15, 0.2) is 221 Å². The minimum absolute atomic E-state index is 0.0249. The second-order valence-electron chi connectivity index (χ2n) is 15.1. The average molecular weight is 800 g/mol. The Balaban J connectivity index is 1.04. The van der Waals surface area contributed by atoms with E-state index in [2.05, 4.69) is 0 Å². The van der Waals surface area contributed by atoms with Crippen molar-refractivity contribution in [1.82, 2.24) is 15.0 Å². The van der Waals surface area contributed by atoms with E-state index in [1.807, 2.05) is 176 Å². The first-order chi connectivity index (χ1) is 33.2. The van der Waals surface area contributed by atoms with Gasteiger partial charge in [-0.3, -0.25) is 0 Å². The fraction of sp³-hybridized carbons (Fsp3) is 0. The Labute approximate surface area is 365 Å². The number of nitrogens with zero attached hydrogens (tertiary/aromatic N) is 3. The van der Waals surface area contributed by atoms with E-state index in [0.29, 0.717) is 16.7 Å². The van der Waals surface area contributed by atoms with Gasteiger partial charge in [0.2, 0.25) is 0 Å². The quantitative estimate of drug-likeness (QED) is 0.161. The molecule has 0 aliphatic carbocycles. The second-order valence-corrected chi connectivity index (χ2v) is 15.1. The number of fused-ring (bicyclic) bond motifs is 6. The SMILES string of the molecule is [2H]c1c(-c2ccc(-c3ccccc3)cc2)c([2H])c2c(oc3c([2H])c(-c4nc(-c5ccc(-c6ccccc6)cc5)nc(-c5ccccc5-c5ccc6c(c5)oc5ccccc56)n4)c([2H])c([2H])c32)c1[2H]. The largest absolute Gasteiger partial charge is 0.456 e. The first-order valence-corrected chi connectivity index (χ1v) is 20.3. The summed E-state index contributed by atoms with van der Waals surface area (Å²) in [5, 5.41) is 2.14. The summed E-state index contributed by atoms with van der Waals surface area (Å²) >= 11 is 0. The van der Waals surface area contributed by atoms with Crippen molar-refractivity contribution in [3.05, 3.63) is 212 Å². The van der Waals surface area contributed by atoms with Crippen LogP contribution >= 0.6 is 0 Å². The van der Waals surface area contributed by atoms with Gasteiger partial charge in [0.15, 0.2) is 17.5 Å². The van der Waals surface area contributed by atoms with E-state index in [-0.39, 0.29) is 86.8 Å². The van der Waals surface area contributed by atoms with Crippen LogP contribution in [0.2, 0.25) is 0 Å². The molecule has 0 radical (unpaired) electrons. The van der Waals surface area contributed by atoms with Crippen molar-refractivity contribution < 1.29 is 17.1 Å². The molecule has 12 rings (SSSR count). The van der Waals surface area contributed by atoms with Gasteiger partial charge in [0.05, 0.1) is 8.22 Å². The molecule has 0 saturated heterocycles. The molecule has 9 aromatic carbocycles. The van der Waals surface area contributed by atoms with Gasteiger partial charge in [-0.15, -0.1) is 0 Å². The van der Waals surface area contributed by atoms with Gasteiger partial charge in [-0.2, -0.15) is 0 Å². The van der Waals surface area contributed by atoms with Gasteiger partial charge >= 0.3 is 0 Å². The van der Waals surface area contributed by atoms with E-state index in [1.54, 1.807) is 0 Å². The topological polar surface area (TPSA) is 65.0 Å². The summed E-state index contributed by atoms with van der Waals surface area (Å²) in [6.07, 6.45) is 0. The van der Waals surface area contributed by atoms with Gasteiger partial charge in [-0.1, -0.05) is 170 Å². The molecule has 0 amide bonds. The molecule has 0 spiro atoms. The number of benzene rings is 9. The molecule has 0 bridgehead atoms. The summed E-state index contributed by atoms with van der Waals surface area (Å²) < 4.78 is 68.8. The van der Waals surface area contributed by atoms with Crippen molar-refractivity contribution in [2.75, 3.05) is 0 Å². The van der Waals surface area contributed by atoms with Crippen LogP contribution in [0.5, 0.6) is 0 Å². The summed E-state index contributed by atoms with van der Waals surface area (Å²) in [6.45, 7) is 0. The third-order valence-electron chi connectivity index (χ3n) is 11.3. The molecule has 0 fully saturated rings. The highest BCUT2D eigenvalue weighted by molar-refractivity contribution is 6.08. The second kappa shape index (κ2) is 14.7. The minimum Gasteiger partial charge on any atom is -0.456 e. The van der Waals surface area contributed by atoms with Gasteiger partial charge in [-0.05, 0) is 86.9 Å². The van der Waals surface area contributed by atoms with Crippen LogP contribution in [0.4, 0.5) is 0 Å². The zero-order chi connectivity index (χ0) is 46.2. The lowest BCUT2D eigenvalue weighted by Gasteiger charge is -2.12. The third kappa shape index (κ3) is 6.32. The molecule has 290 valence electrons. The molecule has 0 unspecified atom stereocenters. The first-order valence-electron chi connectivity index (χ1n) is 23.3. The number of furan rings is 2. The smallest absolute Gasteiger partial charge is 0.164 e. The van der Waals surface area contributed by atoms with E-state index in [4.69, 9.17) is 26.5 Å². The van der Waals surface area contributed by atoms with E-state index < -0.39 is 0 Å². The molecule has 3 aromatic heterocycles. The zero-order valence-electron chi connectivity index (χ0n) is 38.9. The Morgan fingerprint density at radius 2 is 0.806 bits per heavy atom. The predicted molar refractivity (Wildman–Crippen MR) is 252 cm³/mol. The summed E-state index contributed by atoms with van der Waals surface area (Å²) in [4.78, 5) is 15.0. The highest BCUT2D eigenvalue weighted by Gasteiger charge is 2.18. The molecular formula is C57H35N3O2.